The van der Waals surface area contributed by atoms with Crippen molar-refractivity contribution < 1.29 is 14.3 Å². The van der Waals surface area contributed by atoms with E-state index in [0.29, 0.717) is 12.4 Å². The Morgan fingerprint density at radius 3 is 2.35 bits per heavy atom. The third-order valence-electron chi connectivity index (χ3n) is 6.32. The molecular formula is C27H31FN4O2. The summed E-state index contributed by atoms with van der Waals surface area (Å²) < 4.78 is 14.0. The minimum atomic E-state index is -0.943. The van der Waals surface area contributed by atoms with Crippen LogP contribution in [-0.2, 0) is 19.6 Å². The Labute approximate surface area is 200 Å². The summed E-state index contributed by atoms with van der Waals surface area (Å²) in [4.78, 5) is 22.5. The number of carboxylic acid groups (broad SMARTS) is 1. The van der Waals surface area contributed by atoms with Crippen LogP contribution in [0.25, 0.3) is 0 Å². The zero-order valence-electron chi connectivity index (χ0n) is 19.5. The third-order valence-corrected chi connectivity index (χ3v) is 6.32. The standard InChI is InChI=1S/C27H31FN4O2/c1-2-30(20-23-6-3-4-8-25(23)28)18-21-9-11-22(12-10-21)19-31-14-16-32(17-15-31)26-24(27(33)34)7-5-13-29-26/h3-13H,2,14-20H2,1H3,(H,33,34). The summed E-state index contributed by atoms with van der Waals surface area (Å²) in [6.07, 6.45) is 1.64. The summed E-state index contributed by atoms with van der Waals surface area (Å²) in [5.74, 6) is -0.547. The van der Waals surface area contributed by atoms with Crippen LogP contribution in [0.15, 0.2) is 66.9 Å². The molecule has 1 fully saturated rings. The number of hydrogen-bond acceptors (Lipinski definition) is 5. The normalized spacial score (nSPS) is 14.5. The maximum absolute atomic E-state index is 14.0. The highest BCUT2D eigenvalue weighted by Crippen LogP contribution is 2.20. The summed E-state index contributed by atoms with van der Waals surface area (Å²) in [6, 6.07) is 18.9. The Hall–Kier alpha value is -3.29. The Balaban J connectivity index is 1.30. The van der Waals surface area contributed by atoms with Gasteiger partial charge in [0, 0.05) is 57.6 Å². The van der Waals surface area contributed by atoms with Crippen molar-refractivity contribution in [1.29, 1.82) is 0 Å². The first-order valence-corrected chi connectivity index (χ1v) is 11.7. The van der Waals surface area contributed by atoms with E-state index in [1.165, 1.54) is 17.2 Å². The quantitative estimate of drug-likeness (QED) is 0.513. The monoisotopic (exact) mass is 462 g/mol. The van der Waals surface area contributed by atoms with Gasteiger partial charge >= 0.3 is 5.97 Å². The number of aromatic nitrogens is 1. The van der Waals surface area contributed by atoms with E-state index in [-0.39, 0.29) is 11.4 Å². The van der Waals surface area contributed by atoms with Crippen LogP contribution in [0.2, 0.25) is 0 Å². The first kappa shape index (κ1) is 23.9. The van der Waals surface area contributed by atoms with Gasteiger partial charge in [-0.15, -0.1) is 0 Å². The molecule has 1 aliphatic rings. The Bertz CT molecular complexity index is 1100. The summed E-state index contributed by atoms with van der Waals surface area (Å²) in [5.41, 5.74) is 3.44. The van der Waals surface area contributed by atoms with Gasteiger partial charge in [-0.25, -0.2) is 14.2 Å². The van der Waals surface area contributed by atoms with Crippen LogP contribution in [0.4, 0.5) is 10.2 Å². The minimum Gasteiger partial charge on any atom is -0.478 e. The van der Waals surface area contributed by atoms with Gasteiger partial charge in [-0.3, -0.25) is 9.80 Å². The van der Waals surface area contributed by atoms with Crippen molar-refractivity contribution in [2.75, 3.05) is 37.6 Å². The SMILES string of the molecule is CCN(Cc1ccc(CN2CCN(c3ncccc3C(=O)O)CC2)cc1)Cc1ccccc1F. The van der Waals surface area contributed by atoms with Gasteiger partial charge < -0.3 is 10.0 Å². The molecule has 2 heterocycles. The van der Waals surface area contributed by atoms with Gasteiger partial charge in [0.15, 0.2) is 0 Å². The molecule has 0 bridgehead atoms. The lowest BCUT2D eigenvalue weighted by Crippen LogP contribution is -2.46. The number of pyridine rings is 1. The van der Waals surface area contributed by atoms with E-state index in [0.717, 1.165) is 51.4 Å². The molecule has 0 atom stereocenters. The molecule has 4 rings (SSSR count). The van der Waals surface area contributed by atoms with E-state index in [2.05, 4.69) is 50.9 Å². The van der Waals surface area contributed by atoms with Crippen molar-refractivity contribution in [1.82, 2.24) is 14.8 Å². The topological polar surface area (TPSA) is 59.9 Å². The average molecular weight is 463 g/mol. The van der Waals surface area contributed by atoms with E-state index >= 15 is 0 Å². The van der Waals surface area contributed by atoms with E-state index in [1.54, 1.807) is 24.4 Å². The van der Waals surface area contributed by atoms with Gasteiger partial charge in [0.2, 0.25) is 0 Å². The van der Waals surface area contributed by atoms with Crippen molar-refractivity contribution in [2.45, 2.75) is 26.6 Å². The lowest BCUT2D eigenvalue weighted by Gasteiger charge is -2.35. The highest BCUT2D eigenvalue weighted by atomic mass is 19.1. The molecule has 34 heavy (non-hydrogen) atoms. The zero-order chi connectivity index (χ0) is 23.9. The number of halogens is 1. The summed E-state index contributed by atoms with van der Waals surface area (Å²) >= 11 is 0. The predicted molar refractivity (Wildman–Crippen MR) is 131 cm³/mol. The number of hydrogen-bond donors (Lipinski definition) is 1. The first-order chi connectivity index (χ1) is 16.5. The van der Waals surface area contributed by atoms with E-state index in [1.807, 2.05) is 12.1 Å². The van der Waals surface area contributed by atoms with Crippen molar-refractivity contribution in [3.05, 3.63) is 94.9 Å². The number of rotatable bonds is 9. The molecule has 7 heteroatoms. The number of nitrogens with zero attached hydrogens (tertiary/aromatic N) is 4. The van der Waals surface area contributed by atoms with Crippen molar-refractivity contribution in [3.63, 3.8) is 0 Å². The molecule has 1 aliphatic heterocycles. The molecule has 1 aromatic heterocycles. The Morgan fingerprint density at radius 2 is 1.68 bits per heavy atom. The van der Waals surface area contributed by atoms with E-state index in [9.17, 15) is 14.3 Å². The van der Waals surface area contributed by atoms with Crippen molar-refractivity contribution in [3.8, 4) is 0 Å². The molecule has 0 unspecified atom stereocenters. The highest BCUT2D eigenvalue weighted by Gasteiger charge is 2.22. The maximum atomic E-state index is 14.0. The zero-order valence-corrected chi connectivity index (χ0v) is 19.5. The molecule has 3 aromatic rings. The molecule has 0 saturated carbocycles. The number of carboxylic acids is 1. The van der Waals surface area contributed by atoms with Crippen LogP contribution in [0.5, 0.6) is 0 Å². The lowest BCUT2D eigenvalue weighted by atomic mass is 10.1. The predicted octanol–water partition coefficient (Wildman–Crippen LogP) is 4.26. The van der Waals surface area contributed by atoms with E-state index < -0.39 is 5.97 Å². The summed E-state index contributed by atoms with van der Waals surface area (Å²) in [5, 5.41) is 9.43. The Morgan fingerprint density at radius 1 is 0.971 bits per heavy atom. The second-order valence-electron chi connectivity index (χ2n) is 8.65. The summed E-state index contributed by atoms with van der Waals surface area (Å²) in [6.45, 7) is 8.37. The van der Waals surface area contributed by atoms with Crippen molar-refractivity contribution in [2.24, 2.45) is 0 Å². The molecule has 1 saturated heterocycles. The van der Waals surface area contributed by atoms with Crippen LogP contribution in [0.1, 0.15) is 34.0 Å². The highest BCUT2D eigenvalue weighted by molar-refractivity contribution is 5.93. The van der Waals surface area contributed by atoms with Gasteiger partial charge in [0.05, 0.1) is 0 Å². The molecular weight excluding hydrogens is 431 g/mol. The molecule has 6 nitrogen and oxygen atoms in total. The lowest BCUT2D eigenvalue weighted by molar-refractivity contribution is 0.0697. The molecule has 0 amide bonds. The van der Waals surface area contributed by atoms with Crippen LogP contribution in [-0.4, -0.2) is 58.6 Å². The fourth-order valence-corrected chi connectivity index (χ4v) is 4.35. The number of benzene rings is 2. The Kier molecular flexibility index (Phi) is 7.87. The smallest absolute Gasteiger partial charge is 0.339 e. The van der Waals surface area contributed by atoms with Crippen molar-refractivity contribution >= 4 is 11.8 Å². The second-order valence-corrected chi connectivity index (χ2v) is 8.65. The van der Waals surface area contributed by atoms with Gasteiger partial charge in [-0.2, -0.15) is 0 Å². The van der Waals surface area contributed by atoms with Crippen LogP contribution < -0.4 is 4.90 Å². The van der Waals surface area contributed by atoms with Crippen LogP contribution in [0.3, 0.4) is 0 Å². The molecule has 0 radical (unpaired) electrons. The molecule has 178 valence electrons. The number of aromatic carboxylic acids is 1. The molecule has 0 spiro atoms. The number of piperazine rings is 1. The number of carbonyl (C=O) groups is 1. The summed E-state index contributed by atoms with van der Waals surface area (Å²) in [7, 11) is 0. The molecule has 0 aliphatic carbocycles. The van der Waals surface area contributed by atoms with Crippen LogP contribution >= 0.6 is 0 Å². The van der Waals surface area contributed by atoms with Crippen LogP contribution in [0, 0.1) is 5.82 Å². The number of anilines is 1. The van der Waals surface area contributed by atoms with Gasteiger partial charge in [0.25, 0.3) is 0 Å². The third kappa shape index (κ3) is 5.98. The maximum Gasteiger partial charge on any atom is 0.339 e. The largest absolute Gasteiger partial charge is 0.478 e. The minimum absolute atomic E-state index is 0.154. The molecule has 2 aromatic carbocycles. The average Bonchev–Trinajstić information content (AvgIpc) is 2.86. The fraction of sp³-hybridized carbons (Fsp3) is 0.333. The van der Waals surface area contributed by atoms with Gasteiger partial charge in [0.1, 0.15) is 17.2 Å². The first-order valence-electron chi connectivity index (χ1n) is 11.7. The second kappa shape index (κ2) is 11.2. The fourth-order valence-electron chi connectivity index (χ4n) is 4.35. The van der Waals surface area contributed by atoms with E-state index in [4.69, 9.17) is 0 Å². The van der Waals surface area contributed by atoms with Gasteiger partial charge in [-0.05, 0) is 35.9 Å². The van der Waals surface area contributed by atoms with Gasteiger partial charge in [-0.1, -0.05) is 49.4 Å². The molecule has 1 N–H and O–H groups in total.